The standard InChI is InChI=1S/C12H23N5O2/c1-8(5-13)14-6-9-7-15-17-10(9)16-11(18)19-12(2,3)4/h7-8,14H,5-6,13H2,1-4H3,(H2,15,16,17,18). The molecule has 1 unspecified atom stereocenters. The smallest absolute Gasteiger partial charge is 0.413 e. The Hall–Kier alpha value is -1.60. The van der Waals surface area contributed by atoms with E-state index in [1.165, 1.54) is 0 Å². The van der Waals surface area contributed by atoms with Gasteiger partial charge in [0.05, 0.1) is 6.20 Å². The van der Waals surface area contributed by atoms with Crippen LogP contribution >= 0.6 is 0 Å². The van der Waals surface area contributed by atoms with Crippen molar-refractivity contribution >= 4 is 11.9 Å². The minimum Gasteiger partial charge on any atom is -0.444 e. The van der Waals surface area contributed by atoms with Crippen LogP contribution in [0.5, 0.6) is 0 Å². The van der Waals surface area contributed by atoms with Crippen LogP contribution in [0.25, 0.3) is 0 Å². The highest BCUT2D eigenvalue weighted by molar-refractivity contribution is 5.84. The average Bonchev–Trinajstić information content (AvgIpc) is 2.70. The van der Waals surface area contributed by atoms with Crippen LogP contribution < -0.4 is 16.4 Å². The number of rotatable bonds is 5. The van der Waals surface area contributed by atoms with E-state index in [9.17, 15) is 4.79 Å². The van der Waals surface area contributed by atoms with E-state index in [4.69, 9.17) is 10.5 Å². The average molecular weight is 269 g/mol. The number of ether oxygens (including phenoxy) is 1. The molecule has 19 heavy (non-hydrogen) atoms. The lowest BCUT2D eigenvalue weighted by atomic mass is 10.2. The van der Waals surface area contributed by atoms with E-state index in [1.54, 1.807) is 6.20 Å². The topological polar surface area (TPSA) is 105 Å². The molecule has 1 atom stereocenters. The third-order valence-electron chi connectivity index (χ3n) is 2.34. The summed E-state index contributed by atoms with van der Waals surface area (Å²) < 4.78 is 5.17. The van der Waals surface area contributed by atoms with Crippen molar-refractivity contribution in [3.63, 3.8) is 0 Å². The van der Waals surface area contributed by atoms with Crippen molar-refractivity contribution in [3.8, 4) is 0 Å². The molecule has 1 aromatic rings. The molecule has 108 valence electrons. The van der Waals surface area contributed by atoms with E-state index in [2.05, 4.69) is 20.8 Å². The molecule has 0 aliphatic rings. The van der Waals surface area contributed by atoms with E-state index in [0.717, 1.165) is 5.56 Å². The Balaban J connectivity index is 2.55. The third kappa shape index (κ3) is 5.71. The molecule has 1 aromatic heterocycles. The number of amides is 1. The molecule has 0 aromatic carbocycles. The van der Waals surface area contributed by atoms with Crippen LogP contribution in [-0.4, -0.2) is 34.5 Å². The minimum atomic E-state index is -0.531. The van der Waals surface area contributed by atoms with E-state index in [1.807, 2.05) is 27.7 Å². The molecule has 0 aliphatic heterocycles. The van der Waals surface area contributed by atoms with Crippen molar-refractivity contribution in [3.05, 3.63) is 11.8 Å². The van der Waals surface area contributed by atoms with Gasteiger partial charge in [-0.15, -0.1) is 0 Å². The summed E-state index contributed by atoms with van der Waals surface area (Å²) in [5.41, 5.74) is 5.85. The fourth-order valence-corrected chi connectivity index (χ4v) is 1.33. The Morgan fingerprint density at radius 2 is 2.26 bits per heavy atom. The van der Waals surface area contributed by atoms with E-state index in [-0.39, 0.29) is 6.04 Å². The van der Waals surface area contributed by atoms with Gasteiger partial charge in [-0.05, 0) is 27.7 Å². The molecule has 5 N–H and O–H groups in total. The summed E-state index contributed by atoms with van der Waals surface area (Å²) >= 11 is 0. The highest BCUT2D eigenvalue weighted by atomic mass is 16.6. The molecule has 0 spiro atoms. The molecule has 0 bridgehead atoms. The maximum Gasteiger partial charge on any atom is 0.413 e. The molecule has 0 saturated carbocycles. The monoisotopic (exact) mass is 269 g/mol. The van der Waals surface area contributed by atoms with Crippen molar-refractivity contribution < 1.29 is 9.53 Å². The summed E-state index contributed by atoms with van der Waals surface area (Å²) in [6.07, 6.45) is 1.15. The quantitative estimate of drug-likeness (QED) is 0.642. The summed E-state index contributed by atoms with van der Waals surface area (Å²) in [6.45, 7) is 8.54. The molecule has 0 aliphatic carbocycles. The minimum absolute atomic E-state index is 0.198. The highest BCUT2D eigenvalue weighted by Crippen LogP contribution is 2.13. The van der Waals surface area contributed by atoms with Gasteiger partial charge < -0.3 is 15.8 Å². The lowest BCUT2D eigenvalue weighted by Crippen LogP contribution is -2.33. The van der Waals surface area contributed by atoms with E-state index >= 15 is 0 Å². The fraction of sp³-hybridized carbons (Fsp3) is 0.667. The number of nitrogens with two attached hydrogens (primary N) is 1. The van der Waals surface area contributed by atoms with Crippen molar-refractivity contribution in [2.45, 2.75) is 45.9 Å². The number of aromatic nitrogens is 2. The van der Waals surface area contributed by atoms with Gasteiger partial charge in [-0.3, -0.25) is 10.4 Å². The number of carbonyl (C=O) groups is 1. The van der Waals surface area contributed by atoms with Gasteiger partial charge in [0, 0.05) is 24.7 Å². The summed E-state index contributed by atoms with van der Waals surface area (Å²) in [5.74, 6) is 0.533. The van der Waals surface area contributed by atoms with Gasteiger partial charge in [0.1, 0.15) is 11.4 Å². The molecule has 1 heterocycles. The molecule has 7 nitrogen and oxygen atoms in total. The third-order valence-corrected chi connectivity index (χ3v) is 2.34. The Bertz CT molecular complexity index is 410. The molecular formula is C12H23N5O2. The SMILES string of the molecule is CC(CN)NCc1cn[nH]c1NC(=O)OC(C)(C)C. The number of nitrogens with one attached hydrogen (secondary N) is 3. The van der Waals surface area contributed by atoms with Crippen LogP contribution in [0.15, 0.2) is 6.20 Å². The number of anilines is 1. The Labute approximate surface area is 113 Å². The van der Waals surface area contributed by atoms with E-state index < -0.39 is 11.7 Å². The van der Waals surface area contributed by atoms with Crippen molar-refractivity contribution in [2.75, 3.05) is 11.9 Å². The molecule has 1 rings (SSSR count). The molecule has 7 heteroatoms. The first kappa shape index (κ1) is 15.5. The van der Waals surface area contributed by atoms with Crippen LogP contribution in [0, 0.1) is 0 Å². The fourth-order valence-electron chi connectivity index (χ4n) is 1.33. The lowest BCUT2D eigenvalue weighted by molar-refractivity contribution is 0.0635. The molecule has 0 fully saturated rings. The predicted molar refractivity (Wildman–Crippen MR) is 73.8 cm³/mol. The first-order valence-corrected chi connectivity index (χ1v) is 6.27. The number of H-pyrrole nitrogens is 1. The molecular weight excluding hydrogens is 246 g/mol. The summed E-state index contributed by atoms with van der Waals surface area (Å²) in [7, 11) is 0. The molecule has 0 radical (unpaired) electrons. The van der Waals surface area contributed by atoms with Crippen molar-refractivity contribution in [2.24, 2.45) is 5.73 Å². The Kier molecular flexibility index (Phi) is 5.31. The maximum absolute atomic E-state index is 11.7. The van der Waals surface area contributed by atoms with Gasteiger partial charge in [0.15, 0.2) is 0 Å². The second-order valence-electron chi connectivity index (χ2n) is 5.41. The first-order chi connectivity index (χ1) is 8.81. The highest BCUT2D eigenvalue weighted by Gasteiger charge is 2.17. The van der Waals surface area contributed by atoms with Gasteiger partial charge in [0.25, 0.3) is 0 Å². The van der Waals surface area contributed by atoms with Gasteiger partial charge in [-0.1, -0.05) is 0 Å². The van der Waals surface area contributed by atoms with Gasteiger partial charge in [-0.25, -0.2) is 4.79 Å². The lowest BCUT2D eigenvalue weighted by Gasteiger charge is -2.19. The predicted octanol–water partition coefficient (Wildman–Crippen LogP) is 1.19. The van der Waals surface area contributed by atoms with Crippen LogP contribution in [0.1, 0.15) is 33.3 Å². The first-order valence-electron chi connectivity index (χ1n) is 6.27. The summed E-state index contributed by atoms with van der Waals surface area (Å²) in [5, 5.41) is 12.5. The number of hydrogen-bond acceptors (Lipinski definition) is 5. The van der Waals surface area contributed by atoms with Crippen molar-refractivity contribution in [1.29, 1.82) is 0 Å². The number of aromatic amines is 1. The zero-order valence-electron chi connectivity index (χ0n) is 11.9. The van der Waals surface area contributed by atoms with Gasteiger partial charge in [0.2, 0.25) is 0 Å². The normalized spacial score (nSPS) is 13.1. The summed E-state index contributed by atoms with van der Waals surface area (Å²) in [6, 6.07) is 0.198. The molecule has 0 saturated heterocycles. The number of hydrogen-bond donors (Lipinski definition) is 4. The van der Waals surface area contributed by atoms with Gasteiger partial charge in [-0.2, -0.15) is 5.10 Å². The number of nitrogens with zero attached hydrogens (tertiary/aromatic N) is 1. The van der Waals surface area contributed by atoms with Crippen LogP contribution in [0.3, 0.4) is 0 Å². The Morgan fingerprint density at radius 1 is 1.58 bits per heavy atom. The van der Waals surface area contributed by atoms with E-state index in [0.29, 0.717) is 18.9 Å². The largest absolute Gasteiger partial charge is 0.444 e. The van der Waals surface area contributed by atoms with Crippen LogP contribution in [0.2, 0.25) is 0 Å². The second kappa shape index (κ2) is 6.53. The van der Waals surface area contributed by atoms with Crippen molar-refractivity contribution in [1.82, 2.24) is 15.5 Å². The zero-order valence-corrected chi connectivity index (χ0v) is 11.9. The zero-order chi connectivity index (χ0) is 14.5. The maximum atomic E-state index is 11.7. The van der Waals surface area contributed by atoms with Crippen LogP contribution in [-0.2, 0) is 11.3 Å². The van der Waals surface area contributed by atoms with Crippen LogP contribution in [0.4, 0.5) is 10.6 Å². The van der Waals surface area contributed by atoms with Gasteiger partial charge >= 0.3 is 6.09 Å². The second-order valence-corrected chi connectivity index (χ2v) is 5.41. The number of carbonyl (C=O) groups excluding carboxylic acids is 1. The molecule has 1 amide bonds. The Morgan fingerprint density at radius 3 is 2.84 bits per heavy atom. The summed E-state index contributed by atoms with van der Waals surface area (Å²) in [4.78, 5) is 11.7.